The van der Waals surface area contributed by atoms with Crippen LogP contribution in [-0.4, -0.2) is 16.4 Å². The van der Waals surface area contributed by atoms with E-state index in [2.05, 4.69) is 198 Å². The summed E-state index contributed by atoms with van der Waals surface area (Å²) in [5.41, 5.74) is 19.1. The van der Waals surface area contributed by atoms with Crippen molar-refractivity contribution in [3.63, 3.8) is 0 Å². The van der Waals surface area contributed by atoms with Crippen molar-refractivity contribution < 1.29 is 4.42 Å². The molecule has 4 heteroatoms. The standard InChI is InChI=1S/C62H49N3O/c1-3-15-42(16-4-1)55-39-56(64-62(63-55)44-17-5-2-6-18-44)43-31-29-40(30-32-43)45-19-13-20-46(37-45)48-25-14-28-59-60(48)54-38-53(49-21-7-8-24-52(49)61(54)66-59)41-33-35-47(36-34-41)65-57-26-11-9-22-50(57)51-23-10-12-27-58(51)65/h1-12,15-18,20-27,29,31,33,35,37-39,56H,13-14,19,28,30,32,34,36H2,(H,63,64). The van der Waals surface area contributed by atoms with Gasteiger partial charge in [-0.3, -0.25) is 0 Å². The van der Waals surface area contributed by atoms with Crippen LogP contribution in [0.5, 0.6) is 0 Å². The molecule has 0 saturated heterocycles. The molecular formula is C62H49N3O. The summed E-state index contributed by atoms with van der Waals surface area (Å²) < 4.78 is 9.41. The fourth-order valence-corrected chi connectivity index (χ4v) is 11.3. The zero-order valence-electron chi connectivity index (χ0n) is 36.9. The van der Waals surface area contributed by atoms with Crippen LogP contribution in [0, 0.1) is 0 Å². The Bertz CT molecular complexity index is 3540. The Labute approximate surface area is 385 Å². The van der Waals surface area contributed by atoms with Gasteiger partial charge in [0.2, 0.25) is 0 Å². The fourth-order valence-electron chi connectivity index (χ4n) is 11.3. The number of furan rings is 1. The normalized spacial score (nSPS) is 18.6. The second-order valence-electron chi connectivity index (χ2n) is 18.3. The van der Waals surface area contributed by atoms with E-state index in [1.165, 1.54) is 88.2 Å². The molecule has 1 atom stereocenters. The van der Waals surface area contributed by atoms with Crippen LogP contribution in [0.3, 0.4) is 0 Å². The Balaban J connectivity index is 0.832. The van der Waals surface area contributed by atoms with Crippen LogP contribution in [0.25, 0.3) is 66.1 Å². The number of nitrogens with zero attached hydrogens (tertiary/aromatic N) is 2. The maximum absolute atomic E-state index is 6.94. The SMILES string of the molecule is C1=C(C2=CCCc3oc4c(cc(C5=CC=C(n6c7ccccc7c7ccccc76)CC5)c5ccccc54)c32)C=C(C2=CC=C(C3C=C(c4ccccc4)N=C(c4ccccc4)N3)CC2)CC1. The Morgan fingerprint density at radius 3 is 1.94 bits per heavy atom. The molecule has 0 spiro atoms. The van der Waals surface area contributed by atoms with Gasteiger partial charge < -0.3 is 14.3 Å². The minimum absolute atomic E-state index is 0.0742. The van der Waals surface area contributed by atoms with Gasteiger partial charge in [-0.05, 0) is 125 Å². The molecule has 318 valence electrons. The van der Waals surface area contributed by atoms with E-state index in [-0.39, 0.29) is 6.04 Å². The van der Waals surface area contributed by atoms with Gasteiger partial charge in [0, 0.05) is 44.8 Å². The number of aromatic nitrogens is 1. The number of allylic oxidation sites excluding steroid dienone is 13. The lowest BCUT2D eigenvalue weighted by molar-refractivity contribution is 0.548. The van der Waals surface area contributed by atoms with E-state index in [9.17, 15) is 0 Å². The highest BCUT2D eigenvalue weighted by Gasteiger charge is 2.28. The number of para-hydroxylation sites is 2. The molecule has 0 radical (unpaired) electrons. The fraction of sp³-hybridized carbons (Fsp3) is 0.145. The van der Waals surface area contributed by atoms with Crippen LogP contribution in [-0.2, 0) is 6.42 Å². The van der Waals surface area contributed by atoms with Crippen molar-refractivity contribution in [3.05, 3.63) is 238 Å². The first kappa shape index (κ1) is 38.7. The van der Waals surface area contributed by atoms with Crippen LogP contribution < -0.4 is 5.32 Å². The van der Waals surface area contributed by atoms with Gasteiger partial charge in [-0.1, -0.05) is 158 Å². The first-order valence-corrected chi connectivity index (χ1v) is 23.8. The topological polar surface area (TPSA) is 42.5 Å². The molecule has 1 N–H and O–H groups in total. The number of aliphatic imine (C=N–C) groups is 1. The third-order valence-electron chi connectivity index (χ3n) is 14.5. The van der Waals surface area contributed by atoms with Crippen molar-refractivity contribution in [2.75, 3.05) is 0 Å². The van der Waals surface area contributed by atoms with Gasteiger partial charge in [0.25, 0.3) is 0 Å². The van der Waals surface area contributed by atoms with Gasteiger partial charge in [-0.2, -0.15) is 0 Å². The Morgan fingerprint density at radius 2 is 1.21 bits per heavy atom. The zero-order chi connectivity index (χ0) is 43.6. The van der Waals surface area contributed by atoms with E-state index >= 15 is 0 Å². The van der Waals surface area contributed by atoms with Crippen LogP contribution in [0.4, 0.5) is 0 Å². The molecule has 8 aromatic rings. The van der Waals surface area contributed by atoms with Gasteiger partial charge in [-0.15, -0.1) is 0 Å². The van der Waals surface area contributed by atoms with Crippen molar-refractivity contribution in [1.29, 1.82) is 0 Å². The number of rotatable bonds is 7. The van der Waals surface area contributed by atoms with Crippen LogP contribution in [0.15, 0.2) is 220 Å². The summed E-state index contributed by atoms with van der Waals surface area (Å²) in [7, 11) is 0. The molecule has 1 unspecified atom stereocenters. The molecule has 4 nitrogen and oxygen atoms in total. The first-order chi connectivity index (χ1) is 32.7. The predicted molar refractivity (Wildman–Crippen MR) is 276 cm³/mol. The Morgan fingerprint density at radius 1 is 0.545 bits per heavy atom. The lowest BCUT2D eigenvalue weighted by atomic mass is 9.81. The molecule has 0 amide bonds. The molecule has 0 fully saturated rings. The van der Waals surface area contributed by atoms with Crippen molar-refractivity contribution in [2.45, 2.75) is 57.4 Å². The van der Waals surface area contributed by atoms with Crippen molar-refractivity contribution in [1.82, 2.24) is 9.88 Å². The van der Waals surface area contributed by atoms with E-state index in [1.807, 2.05) is 0 Å². The number of benzene rings is 6. The second-order valence-corrected chi connectivity index (χ2v) is 18.3. The van der Waals surface area contributed by atoms with Gasteiger partial charge in [0.15, 0.2) is 0 Å². The molecule has 1 aliphatic heterocycles. The molecule has 0 bridgehead atoms. The van der Waals surface area contributed by atoms with E-state index in [0.29, 0.717) is 0 Å². The molecule has 6 aromatic carbocycles. The van der Waals surface area contributed by atoms with Crippen LogP contribution in [0.2, 0.25) is 0 Å². The lowest BCUT2D eigenvalue weighted by Gasteiger charge is -2.28. The summed E-state index contributed by atoms with van der Waals surface area (Å²) >= 11 is 0. The minimum atomic E-state index is 0.0742. The average Bonchev–Trinajstić information content (AvgIpc) is 3.95. The highest BCUT2D eigenvalue weighted by Crippen LogP contribution is 2.47. The Hall–Kier alpha value is -7.69. The quantitative estimate of drug-likeness (QED) is 0.174. The van der Waals surface area contributed by atoms with Crippen molar-refractivity contribution >= 4 is 71.9 Å². The highest BCUT2D eigenvalue weighted by atomic mass is 16.3. The first-order valence-electron chi connectivity index (χ1n) is 23.8. The summed E-state index contributed by atoms with van der Waals surface area (Å²) in [6, 6.07) is 50.1. The number of hydrogen-bond donors (Lipinski definition) is 1. The number of fused-ring (bicyclic) bond motifs is 8. The molecule has 2 aromatic heterocycles. The van der Waals surface area contributed by atoms with Crippen molar-refractivity contribution in [2.24, 2.45) is 4.99 Å². The maximum Gasteiger partial charge on any atom is 0.142 e. The lowest BCUT2D eigenvalue weighted by Crippen LogP contribution is -2.38. The monoisotopic (exact) mass is 851 g/mol. The largest absolute Gasteiger partial charge is 0.460 e. The van der Waals surface area contributed by atoms with Crippen LogP contribution >= 0.6 is 0 Å². The summed E-state index contributed by atoms with van der Waals surface area (Å²) in [6.45, 7) is 0. The van der Waals surface area contributed by atoms with Gasteiger partial charge in [0.05, 0.1) is 22.8 Å². The molecular weight excluding hydrogens is 803 g/mol. The molecule has 66 heavy (non-hydrogen) atoms. The Kier molecular flexibility index (Phi) is 9.44. The molecule has 4 aliphatic carbocycles. The van der Waals surface area contributed by atoms with Gasteiger partial charge in [0.1, 0.15) is 17.2 Å². The van der Waals surface area contributed by atoms with Gasteiger partial charge in [-0.25, -0.2) is 4.99 Å². The predicted octanol–water partition coefficient (Wildman–Crippen LogP) is 15.5. The summed E-state index contributed by atoms with van der Waals surface area (Å²) in [6.07, 6.45) is 27.2. The maximum atomic E-state index is 6.94. The van der Waals surface area contributed by atoms with E-state index in [0.717, 1.165) is 85.4 Å². The van der Waals surface area contributed by atoms with Crippen molar-refractivity contribution in [3.8, 4) is 0 Å². The smallest absolute Gasteiger partial charge is 0.142 e. The molecule has 5 aliphatic rings. The van der Waals surface area contributed by atoms with Gasteiger partial charge >= 0.3 is 0 Å². The molecule has 0 saturated carbocycles. The zero-order valence-corrected chi connectivity index (χ0v) is 36.9. The number of hydrogen-bond acceptors (Lipinski definition) is 3. The third-order valence-corrected chi connectivity index (χ3v) is 14.5. The summed E-state index contributed by atoms with van der Waals surface area (Å²) in [5.74, 6) is 2.04. The molecule has 13 rings (SSSR count). The summed E-state index contributed by atoms with van der Waals surface area (Å²) in [5, 5.41) is 10.1. The van der Waals surface area contributed by atoms with E-state index in [1.54, 1.807) is 0 Å². The minimum Gasteiger partial charge on any atom is -0.460 e. The highest BCUT2D eigenvalue weighted by molar-refractivity contribution is 6.14. The number of aryl methyl sites for hydroxylation is 1. The second kappa shape index (κ2) is 16.1. The third kappa shape index (κ3) is 6.62. The van der Waals surface area contributed by atoms with E-state index in [4.69, 9.17) is 9.41 Å². The summed E-state index contributed by atoms with van der Waals surface area (Å²) in [4.78, 5) is 5.10. The average molecular weight is 852 g/mol. The number of nitrogens with one attached hydrogen (secondary N) is 1. The number of amidine groups is 1. The van der Waals surface area contributed by atoms with E-state index < -0.39 is 0 Å². The molecule has 3 heterocycles. The van der Waals surface area contributed by atoms with Crippen LogP contribution in [0.1, 0.15) is 73.0 Å².